The monoisotopic (exact) mass is 430 g/mol. The van der Waals surface area contributed by atoms with Crippen LogP contribution in [0.15, 0.2) is 42.6 Å². The lowest BCUT2D eigenvalue weighted by Gasteiger charge is -2.15. The number of benzene rings is 1. The van der Waals surface area contributed by atoms with Gasteiger partial charge in [0.2, 0.25) is 17.6 Å². The first-order valence-corrected chi connectivity index (χ1v) is 9.89. The molecule has 0 radical (unpaired) electrons. The smallest absolute Gasteiger partial charge is 0.247 e. The summed E-state index contributed by atoms with van der Waals surface area (Å²) in [6.07, 6.45) is 2.15. The van der Waals surface area contributed by atoms with Crippen LogP contribution in [0.5, 0.6) is 5.88 Å². The van der Waals surface area contributed by atoms with Gasteiger partial charge in [0.15, 0.2) is 6.04 Å². The Morgan fingerprint density at radius 1 is 1.23 bits per heavy atom. The van der Waals surface area contributed by atoms with Gasteiger partial charge in [-0.05, 0) is 42.0 Å². The number of amides is 1. The zero-order valence-corrected chi connectivity index (χ0v) is 17.5. The van der Waals surface area contributed by atoms with Crippen molar-refractivity contribution in [3.05, 3.63) is 53.2 Å². The predicted octanol–water partition coefficient (Wildman–Crippen LogP) is 2.68. The van der Waals surface area contributed by atoms with Gasteiger partial charge in [-0.3, -0.25) is 4.79 Å². The number of aromatic nitrogens is 5. The lowest BCUT2D eigenvalue weighted by atomic mass is 10.2. The Kier molecular flexibility index (Phi) is 7.69. The number of nitrogens with one attached hydrogen (secondary N) is 1. The molecule has 1 atom stereocenters. The Bertz CT molecular complexity index is 963. The molecule has 3 aromatic rings. The number of methoxy groups -OCH3 is 1. The summed E-state index contributed by atoms with van der Waals surface area (Å²) in [7, 11) is 1.60. The lowest BCUT2D eigenvalue weighted by Crippen LogP contribution is -2.33. The second-order valence-corrected chi connectivity index (χ2v) is 6.83. The van der Waals surface area contributed by atoms with Gasteiger partial charge in [-0.15, -0.1) is 10.2 Å². The van der Waals surface area contributed by atoms with Crippen LogP contribution in [0, 0.1) is 0 Å². The summed E-state index contributed by atoms with van der Waals surface area (Å²) in [5.41, 5.74) is 1.54. The first kappa shape index (κ1) is 21.7. The van der Waals surface area contributed by atoms with Crippen molar-refractivity contribution < 1.29 is 14.3 Å². The van der Waals surface area contributed by atoms with Crippen molar-refractivity contribution in [2.75, 3.05) is 20.3 Å². The highest BCUT2D eigenvalue weighted by Crippen LogP contribution is 2.19. The highest BCUT2D eigenvalue weighted by Gasteiger charge is 2.22. The van der Waals surface area contributed by atoms with E-state index in [1.807, 2.05) is 13.0 Å². The van der Waals surface area contributed by atoms with Gasteiger partial charge in [0, 0.05) is 36.0 Å². The van der Waals surface area contributed by atoms with Gasteiger partial charge in [0.25, 0.3) is 0 Å². The molecule has 1 unspecified atom stereocenters. The fourth-order valence-electron chi connectivity index (χ4n) is 2.74. The highest BCUT2D eigenvalue weighted by atomic mass is 35.5. The fraction of sp³-hybridized carbons (Fsp3) is 0.350. The molecule has 10 heteroatoms. The minimum Gasteiger partial charge on any atom is -0.475 e. The molecule has 0 aliphatic rings. The van der Waals surface area contributed by atoms with Crippen molar-refractivity contribution >= 4 is 17.5 Å². The molecule has 2 aromatic heterocycles. The molecule has 0 saturated heterocycles. The maximum Gasteiger partial charge on any atom is 0.247 e. The van der Waals surface area contributed by atoms with E-state index in [4.69, 9.17) is 21.1 Å². The van der Waals surface area contributed by atoms with E-state index in [9.17, 15) is 4.79 Å². The third kappa shape index (κ3) is 5.52. The van der Waals surface area contributed by atoms with Crippen molar-refractivity contribution in [1.82, 2.24) is 30.5 Å². The van der Waals surface area contributed by atoms with E-state index in [-0.39, 0.29) is 12.5 Å². The molecule has 158 valence electrons. The molecule has 0 aliphatic heterocycles. The van der Waals surface area contributed by atoms with Crippen LogP contribution in [0.4, 0.5) is 0 Å². The molecule has 1 N–H and O–H groups in total. The Balaban J connectivity index is 1.65. The first-order chi connectivity index (χ1) is 14.6. The molecule has 0 spiro atoms. The number of tetrazole rings is 1. The predicted molar refractivity (Wildman–Crippen MR) is 111 cm³/mol. The molecular weight excluding hydrogens is 408 g/mol. The number of hydrogen-bond acceptors (Lipinski definition) is 7. The lowest BCUT2D eigenvalue weighted by molar-refractivity contribution is -0.125. The SMILES string of the molecule is CCC(C(=O)NCc1cccnc1OCCOC)n1nnc(-c2ccc(Cl)cc2)n1. The second-order valence-electron chi connectivity index (χ2n) is 6.39. The molecule has 0 bridgehead atoms. The van der Waals surface area contributed by atoms with Crippen LogP contribution >= 0.6 is 11.6 Å². The van der Waals surface area contributed by atoms with Gasteiger partial charge in [0.1, 0.15) is 6.61 Å². The summed E-state index contributed by atoms with van der Waals surface area (Å²) >= 11 is 5.92. The number of rotatable bonds is 10. The summed E-state index contributed by atoms with van der Waals surface area (Å²) in [6.45, 7) is 2.99. The summed E-state index contributed by atoms with van der Waals surface area (Å²) in [5, 5.41) is 16.0. The topological polar surface area (TPSA) is 104 Å². The molecule has 0 saturated carbocycles. The first-order valence-electron chi connectivity index (χ1n) is 9.51. The van der Waals surface area contributed by atoms with Crippen LogP contribution in [-0.2, 0) is 16.1 Å². The molecule has 3 rings (SSSR count). The minimum absolute atomic E-state index is 0.218. The summed E-state index contributed by atoms with van der Waals surface area (Å²) in [4.78, 5) is 18.3. The zero-order chi connectivity index (χ0) is 21.3. The third-order valence-corrected chi connectivity index (χ3v) is 4.58. The van der Waals surface area contributed by atoms with Crippen molar-refractivity contribution in [2.24, 2.45) is 0 Å². The van der Waals surface area contributed by atoms with E-state index in [0.29, 0.717) is 36.4 Å². The molecule has 2 heterocycles. The van der Waals surface area contributed by atoms with Crippen LogP contribution in [0.3, 0.4) is 0 Å². The standard InChI is InChI=1S/C20H23ClN6O3/c1-3-17(27-25-18(24-26-27)14-6-8-16(21)9-7-14)19(28)23-13-15-5-4-10-22-20(15)30-12-11-29-2/h4-10,17H,3,11-13H2,1-2H3,(H,23,28). The van der Waals surface area contributed by atoms with Gasteiger partial charge in [-0.2, -0.15) is 4.80 Å². The van der Waals surface area contributed by atoms with Gasteiger partial charge in [0.05, 0.1) is 6.61 Å². The third-order valence-electron chi connectivity index (χ3n) is 4.33. The van der Waals surface area contributed by atoms with E-state index in [1.165, 1.54) is 4.80 Å². The van der Waals surface area contributed by atoms with Gasteiger partial charge in [-0.1, -0.05) is 24.6 Å². The molecule has 0 fully saturated rings. The Morgan fingerprint density at radius 3 is 2.77 bits per heavy atom. The van der Waals surface area contributed by atoms with Crippen molar-refractivity contribution in [2.45, 2.75) is 25.9 Å². The van der Waals surface area contributed by atoms with Crippen molar-refractivity contribution in [3.63, 3.8) is 0 Å². The number of ether oxygens (including phenoxy) is 2. The van der Waals surface area contributed by atoms with Crippen LogP contribution in [-0.4, -0.2) is 51.4 Å². The Hall–Kier alpha value is -3.04. The summed E-state index contributed by atoms with van der Waals surface area (Å²) < 4.78 is 10.6. The average Bonchev–Trinajstić information content (AvgIpc) is 3.24. The van der Waals surface area contributed by atoms with E-state index < -0.39 is 6.04 Å². The van der Waals surface area contributed by atoms with Crippen molar-refractivity contribution in [3.8, 4) is 17.3 Å². The van der Waals surface area contributed by atoms with E-state index in [0.717, 1.165) is 11.1 Å². The largest absolute Gasteiger partial charge is 0.475 e. The van der Waals surface area contributed by atoms with E-state index in [2.05, 4.69) is 25.7 Å². The van der Waals surface area contributed by atoms with Gasteiger partial charge >= 0.3 is 0 Å². The van der Waals surface area contributed by atoms with Gasteiger partial charge in [-0.25, -0.2) is 4.98 Å². The minimum atomic E-state index is -0.590. The highest BCUT2D eigenvalue weighted by molar-refractivity contribution is 6.30. The summed E-state index contributed by atoms with van der Waals surface area (Å²) in [5.74, 6) is 0.676. The molecule has 9 nitrogen and oxygen atoms in total. The number of carbonyl (C=O) groups excluding carboxylic acids is 1. The Labute approximate surface area is 179 Å². The Morgan fingerprint density at radius 2 is 2.03 bits per heavy atom. The molecule has 30 heavy (non-hydrogen) atoms. The zero-order valence-electron chi connectivity index (χ0n) is 16.8. The second kappa shape index (κ2) is 10.7. The number of nitrogens with zero attached hydrogens (tertiary/aromatic N) is 5. The number of halogens is 1. The van der Waals surface area contributed by atoms with Crippen LogP contribution in [0.1, 0.15) is 24.9 Å². The fourth-order valence-corrected chi connectivity index (χ4v) is 2.86. The number of carbonyl (C=O) groups is 1. The quantitative estimate of drug-likeness (QED) is 0.493. The molecule has 1 amide bonds. The average molecular weight is 431 g/mol. The molecule has 1 aromatic carbocycles. The normalized spacial score (nSPS) is 11.8. The van der Waals surface area contributed by atoms with Gasteiger partial charge < -0.3 is 14.8 Å². The van der Waals surface area contributed by atoms with Crippen LogP contribution in [0.25, 0.3) is 11.4 Å². The van der Waals surface area contributed by atoms with E-state index >= 15 is 0 Å². The van der Waals surface area contributed by atoms with Crippen LogP contribution in [0.2, 0.25) is 5.02 Å². The molecule has 0 aliphatic carbocycles. The van der Waals surface area contributed by atoms with Crippen molar-refractivity contribution in [1.29, 1.82) is 0 Å². The summed E-state index contributed by atoms with van der Waals surface area (Å²) in [6, 6.07) is 10.2. The maximum atomic E-state index is 12.8. The molecular formula is C20H23ClN6O3. The number of pyridine rings is 1. The van der Waals surface area contributed by atoms with Crippen LogP contribution < -0.4 is 10.1 Å². The maximum absolute atomic E-state index is 12.8. The number of hydrogen-bond donors (Lipinski definition) is 1. The van der Waals surface area contributed by atoms with E-state index in [1.54, 1.807) is 43.6 Å².